The van der Waals surface area contributed by atoms with Crippen molar-refractivity contribution >= 4 is 40.9 Å². The average Bonchev–Trinajstić information content (AvgIpc) is 3.25. The summed E-state index contributed by atoms with van der Waals surface area (Å²) in [7, 11) is 0. The van der Waals surface area contributed by atoms with Gasteiger partial charge in [0.1, 0.15) is 0 Å². The number of nitrogens with zero attached hydrogens (tertiary/aromatic N) is 2. The average molecular weight is 473 g/mol. The van der Waals surface area contributed by atoms with Crippen molar-refractivity contribution in [1.29, 1.82) is 0 Å². The third kappa shape index (κ3) is 4.56. The molecule has 0 spiro atoms. The Morgan fingerprint density at radius 2 is 1.50 bits per heavy atom. The number of rotatable bonds is 6. The van der Waals surface area contributed by atoms with Crippen molar-refractivity contribution in [3.8, 4) is 0 Å². The fraction of sp³-hybridized carbons (Fsp3) is 0.222. The van der Waals surface area contributed by atoms with Gasteiger partial charge in [-0.2, -0.15) is 0 Å². The summed E-state index contributed by atoms with van der Waals surface area (Å²) in [5, 5.41) is 0. The minimum absolute atomic E-state index is 0.0554. The van der Waals surface area contributed by atoms with Crippen LogP contribution in [0.4, 0.5) is 11.4 Å². The van der Waals surface area contributed by atoms with E-state index in [-0.39, 0.29) is 24.8 Å². The van der Waals surface area contributed by atoms with Crippen LogP contribution in [0.1, 0.15) is 12.0 Å². The Labute approximate surface area is 202 Å². The molecule has 0 saturated carbocycles. The van der Waals surface area contributed by atoms with E-state index in [9.17, 15) is 14.4 Å². The molecule has 1 unspecified atom stereocenters. The Bertz CT molecular complexity index is 1180. The fourth-order valence-electron chi connectivity index (χ4n) is 4.34. The number of carbonyl (C=O) groups excluding carboxylic acids is 3. The molecule has 3 aromatic carbocycles. The molecular formula is C27H24N2O4S. The standard InChI is InChI=1S/C27H24N2O4S/c30-25-16-20(17-28(25)15-14-19-8-2-1-3-9-19)27(32)33-18-26(31)29-21-10-4-6-12-23(21)34-24-13-7-5-11-22(24)29/h1-13,20H,14-18H2. The van der Waals surface area contributed by atoms with Gasteiger partial charge in [-0.3, -0.25) is 19.3 Å². The lowest BCUT2D eigenvalue weighted by Gasteiger charge is -2.30. The highest BCUT2D eigenvalue weighted by Gasteiger charge is 2.36. The molecule has 5 rings (SSSR count). The maximum atomic E-state index is 13.2. The molecule has 2 aliphatic rings. The van der Waals surface area contributed by atoms with Crippen LogP contribution in [0.5, 0.6) is 0 Å². The second-order valence-corrected chi connectivity index (χ2v) is 9.43. The van der Waals surface area contributed by atoms with Crippen molar-refractivity contribution in [3.63, 3.8) is 0 Å². The Hall–Kier alpha value is -3.58. The van der Waals surface area contributed by atoms with Crippen LogP contribution in [0.15, 0.2) is 88.7 Å². The molecule has 34 heavy (non-hydrogen) atoms. The van der Waals surface area contributed by atoms with Crippen LogP contribution in [0.3, 0.4) is 0 Å². The molecule has 1 atom stereocenters. The number of esters is 1. The molecule has 0 bridgehead atoms. The van der Waals surface area contributed by atoms with E-state index in [1.54, 1.807) is 21.6 Å². The molecule has 2 heterocycles. The first-order chi connectivity index (χ1) is 16.6. The lowest BCUT2D eigenvalue weighted by molar-refractivity contribution is -0.151. The van der Waals surface area contributed by atoms with Crippen LogP contribution in [0.2, 0.25) is 0 Å². The van der Waals surface area contributed by atoms with Gasteiger partial charge in [0.05, 0.1) is 17.3 Å². The van der Waals surface area contributed by atoms with Crippen molar-refractivity contribution in [2.45, 2.75) is 22.6 Å². The second-order valence-electron chi connectivity index (χ2n) is 8.35. The summed E-state index contributed by atoms with van der Waals surface area (Å²) >= 11 is 1.61. The van der Waals surface area contributed by atoms with E-state index in [0.29, 0.717) is 13.1 Å². The molecular weight excluding hydrogens is 448 g/mol. The Kier molecular flexibility index (Phi) is 6.36. The highest BCUT2D eigenvalue weighted by atomic mass is 32.2. The van der Waals surface area contributed by atoms with Crippen LogP contribution in [0, 0.1) is 5.92 Å². The SMILES string of the molecule is O=C(OCC(=O)N1c2ccccc2Sc2ccccc21)C1CC(=O)N(CCc2ccccc2)C1. The largest absolute Gasteiger partial charge is 0.455 e. The van der Waals surface area contributed by atoms with Gasteiger partial charge in [0.15, 0.2) is 6.61 Å². The van der Waals surface area contributed by atoms with Crippen molar-refractivity contribution in [2.24, 2.45) is 5.92 Å². The van der Waals surface area contributed by atoms with Crippen molar-refractivity contribution in [3.05, 3.63) is 84.4 Å². The third-order valence-corrected chi connectivity index (χ3v) is 7.21. The van der Waals surface area contributed by atoms with Gasteiger partial charge in [0.2, 0.25) is 5.91 Å². The van der Waals surface area contributed by atoms with Crippen LogP contribution < -0.4 is 4.90 Å². The van der Waals surface area contributed by atoms with E-state index in [2.05, 4.69) is 0 Å². The molecule has 7 heteroatoms. The first-order valence-corrected chi connectivity index (χ1v) is 12.1. The van der Waals surface area contributed by atoms with Gasteiger partial charge in [-0.1, -0.05) is 66.4 Å². The summed E-state index contributed by atoms with van der Waals surface area (Å²) < 4.78 is 5.41. The number of fused-ring (bicyclic) bond motifs is 2. The number of para-hydroxylation sites is 2. The van der Waals surface area contributed by atoms with E-state index in [1.807, 2.05) is 78.9 Å². The van der Waals surface area contributed by atoms with Crippen LogP contribution in [0.25, 0.3) is 0 Å². The van der Waals surface area contributed by atoms with Crippen molar-refractivity contribution in [1.82, 2.24) is 4.90 Å². The van der Waals surface area contributed by atoms with E-state index < -0.39 is 11.9 Å². The van der Waals surface area contributed by atoms with E-state index in [0.717, 1.165) is 33.2 Å². The minimum Gasteiger partial charge on any atom is -0.455 e. The summed E-state index contributed by atoms with van der Waals surface area (Å²) in [5.41, 5.74) is 2.69. The van der Waals surface area contributed by atoms with Gasteiger partial charge in [-0.05, 0) is 36.2 Å². The highest BCUT2D eigenvalue weighted by molar-refractivity contribution is 7.99. The number of anilines is 2. The molecule has 3 aromatic rings. The lowest BCUT2D eigenvalue weighted by atomic mass is 10.1. The molecule has 1 saturated heterocycles. The summed E-state index contributed by atoms with van der Waals surface area (Å²) in [5.74, 6) is -1.43. The van der Waals surface area contributed by atoms with Gasteiger partial charge >= 0.3 is 5.97 Å². The number of carbonyl (C=O) groups is 3. The maximum Gasteiger partial charge on any atom is 0.311 e. The third-order valence-electron chi connectivity index (χ3n) is 6.08. The van der Waals surface area contributed by atoms with Crippen LogP contribution in [-0.2, 0) is 25.5 Å². The molecule has 2 amide bonds. The molecule has 2 aliphatic heterocycles. The minimum atomic E-state index is -0.549. The van der Waals surface area contributed by atoms with E-state index in [4.69, 9.17) is 4.74 Å². The summed E-state index contributed by atoms with van der Waals surface area (Å²) in [6.45, 7) is 0.510. The molecule has 1 fully saturated rings. The predicted molar refractivity (Wildman–Crippen MR) is 130 cm³/mol. The van der Waals surface area contributed by atoms with E-state index in [1.165, 1.54) is 0 Å². The van der Waals surface area contributed by atoms with Gasteiger partial charge < -0.3 is 9.64 Å². The van der Waals surface area contributed by atoms with E-state index >= 15 is 0 Å². The molecule has 172 valence electrons. The van der Waals surface area contributed by atoms with Crippen molar-refractivity contribution in [2.75, 3.05) is 24.6 Å². The van der Waals surface area contributed by atoms with Gasteiger partial charge in [0.25, 0.3) is 5.91 Å². The summed E-state index contributed by atoms with van der Waals surface area (Å²) in [6, 6.07) is 25.3. The summed E-state index contributed by atoms with van der Waals surface area (Å²) in [4.78, 5) is 43.6. The number of likely N-dealkylation sites (tertiary alicyclic amines) is 1. The van der Waals surface area contributed by atoms with Gasteiger partial charge in [0, 0.05) is 29.3 Å². The Morgan fingerprint density at radius 3 is 2.18 bits per heavy atom. The quantitative estimate of drug-likeness (QED) is 0.496. The highest BCUT2D eigenvalue weighted by Crippen LogP contribution is 2.47. The van der Waals surface area contributed by atoms with Crippen LogP contribution >= 0.6 is 11.8 Å². The fourth-order valence-corrected chi connectivity index (χ4v) is 5.40. The molecule has 0 aliphatic carbocycles. The number of hydrogen-bond acceptors (Lipinski definition) is 5. The molecule has 6 nitrogen and oxygen atoms in total. The Balaban J connectivity index is 1.21. The first-order valence-electron chi connectivity index (χ1n) is 11.3. The zero-order chi connectivity index (χ0) is 23.5. The Morgan fingerprint density at radius 1 is 0.882 bits per heavy atom. The maximum absolute atomic E-state index is 13.2. The number of hydrogen-bond donors (Lipinski definition) is 0. The number of benzene rings is 3. The molecule has 0 N–H and O–H groups in total. The van der Waals surface area contributed by atoms with Crippen molar-refractivity contribution < 1.29 is 19.1 Å². The predicted octanol–water partition coefficient (Wildman–Crippen LogP) is 4.45. The zero-order valence-electron chi connectivity index (χ0n) is 18.6. The van der Waals surface area contributed by atoms with Gasteiger partial charge in [-0.25, -0.2) is 0 Å². The topological polar surface area (TPSA) is 66.9 Å². The lowest BCUT2D eigenvalue weighted by Crippen LogP contribution is -2.34. The second kappa shape index (κ2) is 9.73. The number of amides is 2. The van der Waals surface area contributed by atoms with Gasteiger partial charge in [-0.15, -0.1) is 0 Å². The summed E-state index contributed by atoms with van der Waals surface area (Å²) in [6.07, 6.45) is 0.854. The number of ether oxygens (including phenoxy) is 1. The normalized spacial score (nSPS) is 16.7. The first kappa shape index (κ1) is 22.2. The molecule has 0 aromatic heterocycles. The monoisotopic (exact) mass is 472 g/mol. The smallest absolute Gasteiger partial charge is 0.311 e. The van der Waals surface area contributed by atoms with Crippen LogP contribution in [-0.4, -0.2) is 42.4 Å². The zero-order valence-corrected chi connectivity index (χ0v) is 19.4. The molecule has 0 radical (unpaired) electrons.